The van der Waals surface area contributed by atoms with Gasteiger partial charge in [-0.2, -0.15) is 0 Å². The highest BCUT2D eigenvalue weighted by Crippen LogP contribution is 2.45. The zero-order chi connectivity index (χ0) is 15.3. The normalized spacial score (nSPS) is 25.5. The average Bonchev–Trinajstić information content (AvgIpc) is 2.31. The van der Waals surface area contributed by atoms with Gasteiger partial charge in [0.15, 0.2) is 0 Å². The molecule has 1 heterocycles. The predicted octanol–water partition coefficient (Wildman–Crippen LogP) is 3.26. The van der Waals surface area contributed by atoms with Gasteiger partial charge in [0.2, 0.25) is 0 Å². The van der Waals surface area contributed by atoms with Crippen LogP contribution < -0.4 is 0 Å². The summed E-state index contributed by atoms with van der Waals surface area (Å²) < 4.78 is 12.0. The van der Waals surface area contributed by atoms with Crippen molar-refractivity contribution in [3.63, 3.8) is 0 Å². The van der Waals surface area contributed by atoms with Crippen molar-refractivity contribution in [2.75, 3.05) is 0 Å². The Kier molecular flexibility index (Phi) is 4.15. The zero-order valence-corrected chi connectivity index (χ0v) is 14.0. The molecule has 19 heavy (non-hydrogen) atoms. The Bertz CT molecular complexity index is 315. The minimum absolute atomic E-state index is 0.284. The molecule has 1 rings (SSSR count). The van der Waals surface area contributed by atoms with E-state index in [9.17, 15) is 5.11 Å². The minimum Gasteiger partial charge on any atom is -0.385 e. The van der Waals surface area contributed by atoms with Gasteiger partial charge >= 0.3 is 7.12 Å². The quantitative estimate of drug-likeness (QED) is 0.629. The predicted molar refractivity (Wildman–Crippen MR) is 79.6 cm³/mol. The van der Waals surface area contributed by atoms with E-state index >= 15 is 0 Å². The van der Waals surface area contributed by atoms with Gasteiger partial charge in [0.05, 0.1) is 17.5 Å². The summed E-state index contributed by atoms with van der Waals surface area (Å²) in [6.45, 7) is 18.1. The third-order valence-corrected chi connectivity index (χ3v) is 5.27. The fourth-order valence-electron chi connectivity index (χ4n) is 2.34. The largest absolute Gasteiger partial charge is 0.720 e. The molecule has 0 bridgehead atoms. The lowest BCUT2D eigenvalue weighted by atomic mass is 9.57. The first-order chi connectivity index (χ1) is 8.23. The average molecular weight is 269 g/mol. The van der Waals surface area contributed by atoms with Crippen LogP contribution >= 0.6 is 0 Å². The zero-order valence-electron chi connectivity index (χ0n) is 14.0. The summed E-state index contributed by atoms with van der Waals surface area (Å²) in [5, 5.41) is 10.5. The van der Waals surface area contributed by atoms with Gasteiger partial charge in [0, 0.05) is 5.92 Å². The first kappa shape index (κ1) is 16.9. The molecule has 0 aliphatic carbocycles. The SMILES string of the molecule is CC(C)C(C)([CH+]B1OC(C)(C)C(C)(C)O1)C(C)(C)O. The van der Waals surface area contributed by atoms with Crippen LogP contribution in [0.1, 0.15) is 62.3 Å². The second-order valence-corrected chi connectivity index (χ2v) is 7.79. The Hall–Kier alpha value is -0.185. The second-order valence-electron chi connectivity index (χ2n) is 7.79. The third-order valence-electron chi connectivity index (χ3n) is 5.27. The van der Waals surface area contributed by atoms with Crippen LogP contribution in [-0.2, 0) is 9.31 Å². The van der Waals surface area contributed by atoms with Crippen molar-refractivity contribution in [1.29, 1.82) is 0 Å². The lowest BCUT2D eigenvalue weighted by molar-refractivity contribution is -0.0494. The van der Waals surface area contributed by atoms with Gasteiger partial charge in [-0.15, -0.1) is 0 Å². The lowest BCUT2D eigenvalue weighted by Gasteiger charge is -2.37. The highest BCUT2D eigenvalue weighted by Gasteiger charge is 2.63. The first-order valence-electron chi connectivity index (χ1n) is 7.17. The van der Waals surface area contributed by atoms with Gasteiger partial charge in [0.25, 0.3) is 0 Å². The van der Waals surface area contributed by atoms with Crippen LogP contribution in [0.15, 0.2) is 0 Å². The van der Waals surface area contributed by atoms with Crippen LogP contribution in [0.3, 0.4) is 0 Å². The lowest BCUT2D eigenvalue weighted by Crippen LogP contribution is -2.49. The number of hydrogen-bond donors (Lipinski definition) is 1. The van der Waals surface area contributed by atoms with E-state index in [4.69, 9.17) is 9.31 Å². The fraction of sp³-hybridized carbons (Fsp3) is 0.933. The molecule has 4 heteroatoms. The molecule has 0 saturated carbocycles. The molecule has 1 aliphatic heterocycles. The van der Waals surface area contributed by atoms with Gasteiger partial charge in [-0.25, -0.2) is 0 Å². The van der Waals surface area contributed by atoms with Gasteiger partial charge in [-0.1, -0.05) is 13.8 Å². The molecule has 1 fully saturated rings. The molecule has 0 radical (unpaired) electrons. The Morgan fingerprint density at radius 1 is 1.00 bits per heavy atom. The van der Waals surface area contributed by atoms with Crippen LogP contribution in [0.2, 0.25) is 0 Å². The Labute approximate surface area is 119 Å². The van der Waals surface area contributed by atoms with E-state index < -0.39 is 5.60 Å². The minimum atomic E-state index is -0.829. The monoisotopic (exact) mass is 269 g/mol. The third kappa shape index (κ3) is 2.96. The van der Waals surface area contributed by atoms with Crippen LogP contribution in [0.5, 0.6) is 0 Å². The van der Waals surface area contributed by atoms with Crippen LogP contribution in [0.4, 0.5) is 0 Å². The van der Waals surface area contributed by atoms with Gasteiger partial charge < -0.3 is 14.4 Å². The molecule has 0 amide bonds. The maximum Gasteiger partial charge on any atom is 0.720 e. The second kappa shape index (κ2) is 4.68. The van der Waals surface area contributed by atoms with E-state index in [1.807, 2.05) is 47.9 Å². The van der Waals surface area contributed by atoms with Crippen LogP contribution in [0.25, 0.3) is 0 Å². The number of aliphatic hydroxyl groups is 1. The van der Waals surface area contributed by atoms with Crippen molar-refractivity contribution >= 4 is 7.12 Å². The molecule has 0 aromatic rings. The first-order valence-corrected chi connectivity index (χ1v) is 7.17. The smallest absolute Gasteiger partial charge is 0.385 e. The molecule has 1 N–H and O–H groups in total. The van der Waals surface area contributed by atoms with Crippen molar-refractivity contribution in [3.8, 4) is 0 Å². The maximum atomic E-state index is 10.5. The van der Waals surface area contributed by atoms with Gasteiger partial charge in [-0.3, -0.25) is 0 Å². The standard InChI is InChI=1S/C15H30BO3/c1-11(2)15(9,12(3,4)17)10-16-18-13(5,6)14(7,8)19-16/h10-11,17H,1-9H3/q+1. The highest BCUT2D eigenvalue weighted by molar-refractivity contribution is 6.50. The topological polar surface area (TPSA) is 38.7 Å². The summed E-state index contributed by atoms with van der Waals surface area (Å²) in [6, 6.07) is 0. The Morgan fingerprint density at radius 3 is 1.63 bits per heavy atom. The van der Waals surface area contributed by atoms with Crippen molar-refractivity contribution in [3.05, 3.63) is 6.32 Å². The van der Waals surface area contributed by atoms with Crippen molar-refractivity contribution < 1.29 is 14.4 Å². The van der Waals surface area contributed by atoms with E-state index in [-0.39, 0.29) is 29.7 Å². The van der Waals surface area contributed by atoms with E-state index in [2.05, 4.69) is 20.8 Å². The molecule has 0 spiro atoms. The molecule has 1 unspecified atom stereocenters. The summed E-state index contributed by atoms with van der Waals surface area (Å²) in [5.41, 5.74) is -1.89. The van der Waals surface area contributed by atoms with E-state index in [1.165, 1.54) is 0 Å². The summed E-state index contributed by atoms with van der Waals surface area (Å²) in [5.74, 6) is 0.284. The summed E-state index contributed by atoms with van der Waals surface area (Å²) in [4.78, 5) is 0. The van der Waals surface area contributed by atoms with E-state index in [0.29, 0.717) is 0 Å². The van der Waals surface area contributed by atoms with Crippen molar-refractivity contribution in [2.24, 2.45) is 11.3 Å². The van der Waals surface area contributed by atoms with Gasteiger partial charge in [-0.05, 0) is 48.5 Å². The molecular formula is C15H30BO3+. The molecule has 0 aromatic heterocycles. The molecule has 3 nitrogen and oxygen atoms in total. The van der Waals surface area contributed by atoms with Crippen molar-refractivity contribution in [2.45, 2.75) is 79.1 Å². The van der Waals surface area contributed by atoms with E-state index in [0.717, 1.165) is 0 Å². The maximum absolute atomic E-state index is 10.5. The Balaban J connectivity index is 2.91. The number of rotatable bonds is 4. The molecule has 1 atom stereocenters. The molecular weight excluding hydrogens is 239 g/mol. The van der Waals surface area contributed by atoms with Crippen molar-refractivity contribution in [1.82, 2.24) is 0 Å². The number of hydrogen-bond acceptors (Lipinski definition) is 3. The summed E-state index contributed by atoms with van der Waals surface area (Å²) in [7, 11) is -0.385. The molecule has 1 aliphatic rings. The summed E-state index contributed by atoms with van der Waals surface area (Å²) >= 11 is 0. The van der Waals surface area contributed by atoms with Gasteiger partial charge in [0.1, 0.15) is 11.0 Å². The fourth-order valence-corrected chi connectivity index (χ4v) is 2.34. The Morgan fingerprint density at radius 2 is 1.37 bits per heavy atom. The molecule has 0 aromatic carbocycles. The van der Waals surface area contributed by atoms with Crippen LogP contribution in [-0.4, -0.2) is 29.0 Å². The summed E-state index contributed by atoms with van der Waals surface area (Å²) in [6.07, 6.45) is 2.02. The van der Waals surface area contributed by atoms with Crippen LogP contribution in [0, 0.1) is 17.7 Å². The molecule has 1 saturated heterocycles. The highest BCUT2D eigenvalue weighted by atomic mass is 16.7. The van der Waals surface area contributed by atoms with E-state index in [1.54, 1.807) is 0 Å². The molecule has 110 valence electrons.